The van der Waals surface area contributed by atoms with Crippen LogP contribution in [0.4, 0.5) is 5.69 Å². The molecule has 3 aromatic rings. The zero-order valence-electron chi connectivity index (χ0n) is 22.4. The normalized spacial score (nSPS) is 12.0. The summed E-state index contributed by atoms with van der Waals surface area (Å²) in [6, 6.07) is 25.5. The van der Waals surface area contributed by atoms with Crippen LogP contribution in [-0.4, -0.2) is 50.5 Å². The first kappa shape index (κ1) is 30.4. The molecule has 0 fully saturated rings. The highest BCUT2D eigenvalue weighted by atomic mass is 79.9. The molecule has 2 amide bonds. The van der Waals surface area contributed by atoms with Crippen molar-refractivity contribution in [3.05, 3.63) is 101 Å². The van der Waals surface area contributed by atoms with Gasteiger partial charge in [-0.05, 0) is 48.2 Å². The van der Waals surface area contributed by atoms with E-state index in [2.05, 4.69) is 21.2 Å². The minimum atomic E-state index is -3.53. The average Bonchev–Trinajstić information content (AvgIpc) is 2.92. The molecule has 0 heterocycles. The average molecular weight is 615 g/mol. The number of sulfonamides is 1. The van der Waals surface area contributed by atoms with E-state index in [1.54, 1.807) is 29.2 Å². The Balaban J connectivity index is 1.86. The number of nitrogens with one attached hydrogen (secondary N) is 1. The van der Waals surface area contributed by atoms with Gasteiger partial charge in [0.05, 0.1) is 11.9 Å². The zero-order chi connectivity index (χ0) is 28.3. The predicted octanol–water partition coefficient (Wildman–Crippen LogP) is 5.16. The van der Waals surface area contributed by atoms with Gasteiger partial charge in [0.2, 0.25) is 21.8 Å². The fourth-order valence-electron chi connectivity index (χ4n) is 4.35. The number of hydrogen-bond acceptors (Lipinski definition) is 4. The van der Waals surface area contributed by atoms with E-state index in [1.165, 1.54) is 4.31 Å². The standard InChI is InChI=1S/C30H36BrN3O4S/c1-3-19-32-30(36)28(22-24-12-6-4-7-13-24)33(23-25-14-10-15-26(31)21-25)29(35)18-11-20-34(39(2,37)38)27-16-8-5-9-17-27/h4-10,12-17,21,28H,3,11,18-20,22-23H2,1-2H3,(H,32,36)/t28-/m0/s1. The van der Waals surface area contributed by atoms with Crippen molar-refractivity contribution in [1.82, 2.24) is 10.2 Å². The van der Waals surface area contributed by atoms with Crippen LogP contribution in [-0.2, 0) is 32.6 Å². The molecule has 0 unspecified atom stereocenters. The number of benzene rings is 3. The van der Waals surface area contributed by atoms with E-state index in [-0.39, 0.29) is 31.3 Å². The maximum atomic E-state index is 13.8. The second-order valence-electron chi connectivity index (χ2n) is 9.42. The van der Waals surface area contributed by atoms with Crippen LogP contribution in [0.3, 0.4) is 0 Å². The van der Waals surface area contributed by atoms with Gasteiger partial charge in [-0.25, -0.2) is 8.42 Å². The van der Waals surface area contributed by atoms with Crippen molar-refractivity contribution < 1.29 is 18.0 Å². The monoisotopic (exact) mass is 613 g/mol. The number of anilines is 1. The highest BCUT2D eigenvalue weighted by molar-refractivity contribution is 9.10. The molecule has 0 bridgehead atoms. The molecule has 208 valence electrons. The van der Waals surface area contributed by atoms with Crippen molar-refractivity contribution in [2.75, 3.05) is 23.7 Å². The Labute approximate surface area is 240 Å². The molecule has 7 nitrogen and oxygen atoms in total. The number of halogens is 1. The van der Waals surface area contributed by atoms with Crippen LogP contribution in [0.15, 0.2) is 89.4 Å². The smallest absolute Gasteiger partial charge is 0.243 e. The molecule has 0 aliphatic carbocycles. The molecule has 0 aromatic heterocycles. The Morgan fingerprint density at radius 2 is 1.56 bits per heavy atom. The van der Waals surface area contributed by atoms with Gasteiger partial charge in [-0.3, -0.25) is 13.9 Å². The van der Waals surface area contributed by atoms with Crippen molar-refractivity contribution in [2.45, 2.75) is 45.2 Å². The fraction of sp³-hybridized carbons (Fsp3) is 0.333. The molecule has 0 saturated heterocycles. The van der Waals surface area contributed by atoms with Crippen LogP contribution in [0, 0.1) is 0 Å². The quantitative estimate of drug-likeness (QED) is 0.272. The molecule has 9 heteroatoms. The summed E-state index contributed by atoms with van der Waals surface area (Å²) < 4.78 is 27.2. The summed E-state index contributed by atoms with van der Waals surface area (Å²) in [6.07, 6.45) is 2.72. The van der Waals surface area contributed by atoms with Gasteiger partial charge in [-0.1, -0.05) is 83.5 Å². The summed E-state index contributed by atoms with van der Waals surface area (Å²) >= 11 is 3.50. The second-order valence-corrected chi connectivity index (χ2v) is 12.2. The number of carbonyl (C=O) groups is 2. The summed E-state index contributed by atoms with van der Waals surface area (Å²) in [5.74, 6) is -0.407. The Hall–Kier alpha value is -3.17. The molecular weight excluding hydrogens is 578 g/mol. The minimum absolute atomic E-state index is 0.0964. The van der Waals surface area contributed by atoms with Crippen LogP contribution in [0.1, 0.15) is 37.3 Å². The van der Waals surface area contributed by atoms with Gasteiger partial charge < -0.3 is 10.2 Å². The topological polar surface area (TPSA) is 86.8 Å². The molecule has 0 aliphatic heterocycles. The van der Waals surface area contributed by atoms with E-state index in [1.807, 2.05) is 67.6 Å². The van der Waals surface area contributed by atoms with Crippen LogP contribution < -0.4 is 9.62 Å². The summed E-state index contributed by atoms with van der Waals surface area (Å²) in [5, 5.41) is 2.97. The fourth-order valence-corrected chi connectivity index (χ4v) is 5.76. The molecular formula is C30H36BrN3O4S. The highest BCUT2D eigenvalue weighted by Crippen LogP contribution is 2.21. The minimum Gasteiger partial charge on any atom is -0.354 e. The van der Waals surface area contributed by atoms with Gasteiger partial charge in [0, 0.05) is 36.9 Å². The van der Waals surface area contributed by atoms with Gasteiger partial charge in [-0.15, -0.1) is 0 Å². The molecule has 39 heavy (non-hydrogen) atoms. The molecule has 0 saturated carbocycles. The van der Waals surface area contributed by atoms with Crippen LogP contribution in [0.25, 0.3) is 0 Å². The highest BCUT2D eigenvalue weighted by Gasteiger charge is 2.30. The first-order chi connectivity index (χ1) is 18.7. The number of nitrogens with zero attached hydrogens (tertiary/aromatic N) is 2. The van der Waals surface area contributed by atoms with Crippen molar-refractivity contribution in [1.29, 1.82) is 0 Å². The van der Waals surface area contributed by atoms with Crippen LogP contribution >= 0.6 is 15.9 Å². The van der Waals surface area contributed by atoms with E-state index >= 15 is 0 Å². The molecule has 0 aliphatic rings. The number of amides is 2. The van der Waals surface area contributed by atoms with Crippen molar-refractivity contribution in [3.63, 3.8) is 0 Å². The Morgan fingerprint density at radius 1 is 0.923 bits per heavy atom. The van der Waals surface area contributed by atoms with E-state index in [0.717, 1.165) is 28.3 Å². The zero-order valence-corrected chi connectivity index (χ0v) is 24.8. The first-order valence-corrected chi connectivity index (χ1v) is 15.7. The molecule has 1 N–H and O–H groups in total. The molecule has 0 radical (unpaired) electrons. The lowest BCUT2D eigenvalue weighted by atomic mass is 10.0. The molecule has 3 aromatic carbocycles. The van der Waals surface area contributed by atoms with Crippen molar-refractivity contribution in [2.24, 2.45) is 0 Å². The Kier molecular flexibility index (Phi) is 11.6. The third kappa shape index (κ3) is 9.51. The Morgan fingerprint density at radius 3 is 2.18 bits per heavy atom. The van der Waals surface area contributed by atoms with Crippen molar-refractivity contribution in [3.8, 4) is 0 Å². The summed E-state index contributed by atoms with van der Waals surface area (Å²) in [6.45, 7) is 2.91. The van der Waals surface area contributed by atoms with Crippen LogP contribution in [0.2, 0.25) is 0 Å². The number of para-hydroxylation sites is 1. The van der Waals surface area contributed by atoms with Gasteiger partial charge in [-0.2, -0.15) is 0 Å². The van der Waals surface area contributed by atoms with Gasteiger partial charge >= 0.3 is 0 Å². The molecule has 0 spiro atoms. The van der Waals surface area contributed by atoms with Gasteiger partial charge in [0.15, 0.2) is 0 Å². The number of hydrogen-bond donors (Lipinski definition) is 1. The lowest BCUT2D eigenvalue weighted by Crippen LogP contribution is -2.50. The SMILES string of the molecule is CCCNC(=O)[C@H](Cc1ccccc1)N(Cc1cccc(Br)c1)C(=O)CCCN(c1ccccc1)S(C)(=O)=O. The van der Waals surface area contributed by atoms with Gasteiger partial charge in [0.25, 0.3) is 0 Å². The largest absolute Gasteiger partial charge is 0.354 e. The summed E-state index contributed by atoms with van der Waals surface area (Å²) in [5.41, 5.74) is 2.40. The molecule has 1 atom stereocenters. The first-order valence-electron chi connectivity index (χ1n) is 13.1. The van der Waals surface area contributed by atoms with Crippen LogP contribution in [0.5, 0.6) is 0 Å². The third-order valence-corrected chi connectivity index (χ3v) is 7.95. The summed E-state index contributed by atoms with van der Waals surface area (Å²) in [4.78, 5) is 28.8. The lowest BCUT2D eigenvalue weighted by molar-refractivity contribution is -0.141. The van der Waals surface area contributed by atoms with E-state index < -0.39 is 16.1 Å². The van der Waals surface area contributed by atoms with E-state index in [0.29, 0.717) is 25.1 Å². The number of rotatable bonds is 14. The Bertz CT molecular complexity index is 1320. The second kappa shape index (κ2) is 14.8. The van der Waals surface area contributed by atoms with E-state index in [9.17, 15) is 18.0 Å². The summed E-state index contributed by atoms with van der Waals surface area (Å²) in [7, 11) is -3.53. The maximum Gasteiger partial charge on any atom is 0.243 e. The van der Waals surface area contributed by atoms with Crippen molar-refractivity contribution >= 4 is 43.5 Å². The van der Waals surface area contributed by atoms with E-state index in [4.69, 9.17) is 0 Å². The maximum absolute atomic E-state index is 13.8. The third-order valence-electron chi connectivity index (χ3n) is 6.26. The predicted molar refractivity (Wildman–Crippen MR) is 160 cm³/mol. The van der Waals surface area contributed by atoms with Gasteiger partial charge in [0.1, 0.15) is 6.04 Å². The number of carbonyl (C=O) groups excluding carboxylic acids is 2. The lowest BCUT2D eigenvalue weighted by Gasteiger charge is -2.32. The molecule has 3 rings (SSSR count).